The molecule has 1 aliphatic rings. The molecule has 0 spiro atoms. The van der Waals surface area contributed by atoms with Crippen molar-refractivity contribution in [3.63, 3.8) is 0 Å². The second kappa shape index (κ2) is 8.01. The summed E-state index contributed by atoms with van der Waals surface area (Å²) in [6, 6.07) is 18.3. The molecule has 0 bridgehead atoms. The van der Waals surface area contributed by atoms with Gasteiger partial charge in [0, 0.05) is 22.4 Å². The van der Waals surface area contributed by atoms with Crippen molar-refractivity contribution in [2.75, 3.05) is 5.32 Å². The van der Waals surface area contributed by atoms with Crippen LogP contribution in [0.3, 0.4) is 0 Å². The maximum absolute atomic E-state index is 13.3. The first-order chi connectivity index (χ1) is 15.8. The Morgan fingerprint density at radius 2 is 1.76 bits per heavy atom. The lowest BCUT2D eigenvalue weighted by Gasteiger charge is -2.20. The van der Waals surface area contributed by atoms with E-state index in [9.17, 15) is 13.8 Å². The van der Waals surface area contributed by atoms with E-state index in [1.807, 2.05) is 56.3 Å². The van der Waals surface area contributed by atoms with Crippen LogP contribution in [0.15, 0.2) is 74.8 Å². The van der Waals surface area contributed by atoms with Crippen LogP contribution in [0.25, 0.3) is 22.3 Å². The Bertz CT molecular complexity index is 1510. The Balaban J connectivity index is 1.66. The van der Waals surface area contributed by atoms with Gasteiger partial charge in [-0.05, 0) is 44.5 Å². The molecule has 1 amide bonds. The molecule has 33 heavy (non-hydrogen) atoms. The summed E-state index contributed by atoms with van der Waals surface area (Å²) in [4.78, 5) is 26.1. The predicted molar refractivity (Wildman–Crippen MR) is 130 cm³/mol. The highest BCUT2D eigenvalue weighted by Gasteiger charge is 2.29. The van der Waals surface area contributed by atoms with Crippen molar-refractivity contribution in [3.8, 4) is 11.3 Å². The van der Waals surface area contributed by atoms with Gasteiger partial charge in [-0.3, -0.25) is 14.3 Å². The largest absolute Gasteiger partial charge is 0.455 e. The molecule has 2 heterocycles. The first-order valence-corrected chi connectivity index (χ1v) is 11.8. The van der Waals surface area contributed by atoms with Gasteiger partial charge >= 0.3 is 0 Å². The molecule has 0 saturated heterocycles. The van der Waals surface area contributed by atoms with E-state index in [4.69, 9.17) is 4.42 Å². The zero-order valence-electron chi connectivity index (χ0n) is 18.4. The summed E-state index contributed by atoms with van der Waals surface area (Å²) in [5.74, 6) is 0.169. The second-order valence-electron chi connectivity index (χ2n) is 8.23. The number of rotatable bonds is 4. The number of hydrogen-bond acceptors (Lipinski definition) is 5. The molecule has 0 fully saturated rings. The molecule has 6 nitrogen and oxygen atoms in total. The van der Waals surface area contributed by atoms with Crippen LogP contribution < -0.4 is 15.5 Å². The summed E-state index contributed by atoms with van der Waals surface area (Å²) in [6.07, 6.45) is 0. The highest BCUT2D eigenvalue weighted by molar-refractivity contribution is 7.84. The Morgan fingerprint density at radius 1 is 1.00 bits per heavy atom. The fourth-order valence-corrected chi connectivity index (χ4v) is 5.27. The van der Waals surface area contributed by atoms with Crippen LogP contribution in [-0.2, 0) is 11.0 Å². The smallest absolute Gasteiger partial charge is 0.266 e. The molecule has 7 heteroatoms. The van der Waals surface area contributed by atoms with Gasteiger partial charge in [-0.2, -0.15) is 0 Å². The molecule has 2 unspecified atom stereocenters. The van der Waals surface area contributed by atoms with Gasteiger partial charge in [-0.25, -0.2) is 4.21 Å². The normalized spacial score (nSPS) is 15.8. The van der Waals surface area contributed by atoms with E-state index in [1.165, 1.54) is 0 Å². The lowest BCUT2D eigenvalue weighted by molar-refractivity contribution is 0.0986. The summed E-state index contributed by atoms with van der Waals surface area (Å²) < 4.78 is 21.0. The van der Waals surface area contributed by atoms with Crippen LogP contribution >= 0.6 is 0 Å². The van der Waals surface area contributed by atoms with Crippen molar-refractivity contribution >= 4 is 33.5 Å². The SMILES string of the molecule is Cc1cc(C(C)Nc2cccc3c2C(=O)NS3=O)c2oc(-c3ccccc3)c(C)c(=O)c2c1. The van der Waals surface area contributed by atoms with Crippen molar-refractivity contribution < 1.29 is 13.4 Å². The first-order valence-electron chi connectivity index (χ1n) is 10.6. The van der Waals surface area contributed by atoms with E-state index >= 15 is 0 Å². The summed E-state index contributed by atoms with van der Waals surface area (Å²) in [6.45, 7) is 5.66. The van der Waals surface area contributed by atoms with Crippen molar-refractivity contribution in [3.05, 3.63) is 93.1 Å². The van der Waals surface area contributed by atoms with E-state index in [1.54, 1.807) is 25.1 Å². The molecule has 0 radical (unpaired) electrons. The van der Waals surface area contributed by atoms with E-state index in [-0.39, 0.29) is 17.4 Å². The molecule has 2 atom stereocenters. The van der Waals surface area contributed by atoms with Gasteiger partial charge < -0.3 is 9.73 Å². The van der Waals surface area contributed by atoms with Crippen molar-refractivity contribution in [1.82, 2.24) is 4.72 Å². The number of carbonyl (C=O) groups excluding carboxylic acids is 1. The third-order valence-corrected chi connectivity index (χ3v) is 7.02. The fraction of sp³-hybridized carbons (Fsp3) is 0.154. The zero-order valence-corrected chi connectivity index (χ0v) is 19.2. The maximum atomic E-state index is 13.3. The summed E-state index contributed by atoms with van der Waals surface area (Å²) >= 11 is 0. The third-order valence-electron chi connectivity index (χ3n) is 5.90. The minimum Gasteiger partial charge on any atom is -0.455 e. The standard InChI is InChI=1S/C26H22N2O4S/c1-14-12-18(16(3)27-20-10-7-11-21-22(20)26(30)28-33(21)31)25-19(13-14)23(29)15(2)24(32-25)17-8-5-4-6-9-17/h4-13,16,27H,1-3H3,(H,28,30). The highest BCUT2D eigenvalue weighted by atomic mass is 32.2. The van der Waals surface area contributed by atoms with E-state index in [0.29, 0.717) is 38.4 Å². The highest BCUT2D eigenvalue weighted by Crippen LogP contribution is 2.34. The number of benzene rings is 3. The number of fused-ring (bicyclic) bond motifs is 2. The van der Waals surface area contributed by atoms with E-state index in [2.05, 4.69) is 10.0 Å². The van der Waals surface area contributed by atoms with Crippen LogP contribution in [-0.4, -0.2) is 10.1 Å². The molecule has 3 aromatic carbocycles. The van der Waals surface area contributed by atoms with Crippen molar-refractivity contribution in [2.24, 2.45) is 0 Å². The monoisotopic (exact) mass is 458 g/mol. The van der Waals surface area contributed by atoms with Gasteiger partial charge in [-0.15, -0.1) is 0 Å². The van der Waals surface area contributed by atoms with Gasteiger partial charge in [0.15, 0.2) is 16.4 Å². The van der Waals surface area contributed by atoms with Crippen molar-refractivity contribution in [2.45, 2.75) is 31.7 Å². The topological polar surface area (TPSA) is 88.4 Å². The van der Waals surface area contributed by atoms with Crippen LogP contribution in [0.4, 0.5) is 5.69 Å². The van der Waals surface area contributed by atoms with Gasteiger partial charge in [0.25, 0.3) is 5.91 Å². The third kappa shape index (κ3) is 3.54. The lowest BCUT2D eigenvalue weighted by Crippen LogP contribution is -2.17. The minimum absolute atomic E-state index is 0.0670. The molecular formula is C26H22N2O4S. The maximum Gasteiger partial charge on any atom is 0.266 e. The van der Waals surface area contributed by atoms with Gasteiger partial charge in [0.05, 0.1) is 21.9 Å². The lowest BCUT2D eigenvalue weighted by atomic mass is 9.98. The Kier molecular flexibility index (Phi) is 5.13. The predicted octanol–water partition coefficient (Wildman–Crippen LogP) is 5.02. The number of amides is 1. The average Bonchev–Trinajstić information content (AvgIpc) is 3.11. The molecule has 4 aromatic rings. The quantitative estimate of drug-likeness (QED) is 0.449. The number of aryl methyl sites for hydroxylation is 1. The van der Waals surface area contributed by atoms with Crippen LogP contribution in [0, 0.1) is 13.8 Å². The van der Waals surface area contributed by atoms with Crippen LogP contribution in [0.5, 0.6) is 0 Å². The summed E-state index contributed by atoms with van der Waals surface area (Å²) in [5, 5.41) is 3.89. The molecule has 2 N–H and O–H groups in total. The average molecular weight is 459 g/mol. The molecule has 166 valence electrons. The molecule has 1 aliphatic heterocycles. The molecular weight excluding hydrogens is 436 g/mol. The second-order valence-corrected chi connectivity index (χ2v) is 9.41. The van der Waals surface area contributed by atoms with Gasteiger partial charge in [0.2, 0.25) is 0 Å². The van der Waals surface area contributed by atoms with Gasteiger partial charge in [0.1, 0.15) is 11.3 Å². The number of hydrogen-bond donors (Lipinski definition) is 2. The number of nitrogens with one attached hydrogen (secondary N) is 2. The Morgan fingerprint density at radius 3 is 2.52 bits per heavy atom. The van der Waals surface area contributed by atoms with Crippen molar-refractivity contribution in [1.29, 1.82) is 0 Å². The van der Waals surface area contributed by atoms with Crippen LogP contribution in [0.1, 0.15) is 40.0 Å². The first kappa shape index (κ1) is 21.2. The van der Waals surface area contributed by atoms with E-state index in [0.717, 1.165) is 16.7 Å². The van der Waals surface area contributed by atoms with Gasteiger partial charge in [-0.1, -0.05) is 42.5 Å². The minimum atomic E-state index is -1.55. The Hall–Kier alpha value is -3.71. The fourth-order valence-electron chi connectivity index (χ4n) is 4.30. The summed E-state index contributed by atoms with van der Waals surface area (Å²) in [5.41, 5.74) is 4.53. The summed E-state index contributed by atoms with van der Waals surface area (Å²) in [7, 11) is -1.55. The molecule has 5 rings (SSSR count). The molecule has 1 aromatic heterocycles. The number of anilines is 1. The molecule has 0 saturated carbocycles. The van der Waals surface area contributed by atoms with E-state index < -0.39 is 11.0 Å². The zero-order chi connectivity index (χ0) is 23.3. The van der Waals surface area contributed by atoms with Crippen LogP contribution in [0.2, 0.25) is 0 Å². The number of carbonyl (C=O) groups is 1. The molecule has 0 aliphatic carbocycles. The Labute approximate surface area is 193 Å².